The summed E-state index contributed by atoms with van der Waals surface area (Å²) in [5.41, 5.74) is 3.95. The Bertz CT molecular complexity index is 1330. The summed E-state index contributed by atoms with van der Waals surface area (Å²) < 4.78 is 36.5. The van der Waals surface area contributed by atoms with Crippen LogP contribution in [0, 0.1) is 30.0 Å². The molecule has 0 radical (unpaired) electrons. The number of aromatic nitrogens is 2. The number of likely N-dealkylation sites (tertiary alicyclic amines) is 1. The van der Waals surface area contributed by atoms with Crippen LogP contribution in [-0.4, -0.2) is 59.7 Å². The molecule has 1 saturated carbocycles. The predicted octanol–water partition coefficient (Wildman–Crippen LogP) is 5.08. The number of hydrogen-bond acceptors (Lipinski definition) is 4. The average molecular weight is 496 g/mol. The third-order valence-electron chi connectivity index (χ3n) is 8.26. The second-order valence-corrected chi connectivity index (χ2v) is 10.7. The molecule has 7 nitrogen and oxygen atoms in total. The molecular weight excluding hydrogens is 464 g/mol. The molecule has 9 heteroatoms. The molecule has 6 rings (SSSR count). The number of nitrogens with zero attached hydrogens (tertiary/aromatic N) is 4. The first-order valence-electron chi connectivity index (χ1n) is 12.7. The van der Waals surface area contributed by atoms with Crippen LogP contribution in [0.15, 0.2) is 30.6 Å². The van der Waals surface area contributed by atoms with Crippen molar-refractivity contribution < 1.29 is 18.3 Å². The number of carbonyl (C=O) groups excluding carboxylic acids is 1. The molecule has 3 aliphatic rings. The lowest BCUT2D eigenvalue weighted by Crippen LogP contribution is -2.36. The van der Waals surface area contributed by atoms with Gasteiger partial charge in [-0.05, 0) is 66.8 Å². The highest BCUT2D eigenvalue weighted by Crippen LogP contribution is 2.54. The molecule has 3 aromatic rings. The number of hydrogen-bond donors (Lipinski definition) is 1. The zero-order chi connectivity index (χ0) is 25.0. The van der Waals surface area contributed by atoms with Gasteiger partial charge in [-0.15, -0.1) is 0 Å². The van der Waals surface area contributed by atoms with Gasteiger partial charge in [0, 0.05) is 37.9 Å². The molecule has 0 spiro atoms. The fraction of sp³-hybridized carbons (Fsp3) is 0.481. The monoisotopic (exact) mass is 495 g/mol. The standard InChI is InChI=1S/C27H31F2N5O2/c1-17-11-21(28)22(31-26(35)33-6-3-19(16-33)27(2)4-5-27)13-20(17)18-12-23(32-7-9-36-10-8-32)25-30-14-24(29)34(25)15-18/h11-15,19H,3-10,16H2,1-2H3,(H,31,35). The number of imidazole rings is 1. The molecule has 3 fully saturated rings. The van der Waals surface area contributed by atoms with Gasteiger partial charge in [0.15, 0.2) is 5.65 Å². The molecule has 1 aromatic carbocycles. The number of halogens is 2. The first-order chi connectivity index (χ1) is 17.3. The molecule has 2 aromatic heterocycles. The number of amides is 2. The summed E-state index contributed by atoms with van der Waals surface area (Å²) in [5, 5.41) is 2.80. The summed E-state index contributed by atoms with van der Waals surface area (Å²) in [4.78, 5) is 21.2. The summed E-state index contributed by atoms with van der Waals surface area (Å²) in [6.45, 7) is 8.02. The number of rotatable bonds is 4. The SMILES string of the molecule is Cc1cc(F)c(NC(=O)N2CCC(C3(C)CC3)C2)cc1-c1cc(N2CCOCC2)c2ncc(F)n2c1. The van der Waals surface area contributed by atoms with E-state index in [0.29, 0.717) is 61.9 Å². The second kappa shape index (κ2) is 8.73. The molecule has 1 atom stereocenters. The van der Waals surface area contributed by atoms with Crippen LogP contribution in [0.2, 0.25) is 0 Å². The maximum Gasteiger partial charge on any atom is 0.321 e. The summed E-state index contributed by atoms with van der Waals surface area (Å²) in [6, 6.07) is 4.75. The van der Waals surface area contributed by atoms with Gasteiger partial charge in [0.2, 0.25) is 5.95 Å². The topological polar surface area (TPSA) is 62.1 Å². The van der Waals surface area contributed by atoms with E-state index in [1.165, 1.54) is 29.5 Å². The van der Waals surface area contributed by atoms with Gasteiger partial charge in [0.05, 0.1) is 30.8 Å². The zero-order valence-corrected chi connectivity index (χ0v) is 20.7. The summed E-state index contributed by atoms with van der Waals surface area (Å²) in [5.74, 6) is -0.447. The van der Waals surface area contributed by atoms with Crippen molar-refractivity contribution in [1.82, 2.24) is 14.3 Å². The lowest BCUT2D eigenvalue weighted by molar-refractivity contribution is 0.123. The summed E-state index contributed by atoms with van der Waals surface area (Å²) in [6.07, 6.45) is 6.31. The Morgan fingerprint density at radius 2 is 1.94 bits per heavy atom. The number of aryl methyl sites for hydroxylation is 1. The Hall–Kier alpha value is -3.20. The van der Waals surface area contributed by atoms with Crippen molar-refractivity contribution >= 4 is 23.1 Å². The van der Waals surface area contributed by atoms with E-state index in [0.717, 1.165) is 23.2 Å². The molecule has 1 aliphatic carbocycles. The van der Waals surface area contributed by atoms with E-state index < -0.39 is 11.8 Å². The van der Waals surface area contributed by atoms with Gasteiger partial charge in [-0.1, -0.05) is 6.92 Å². The van der Waals surface area contributed by atoms with Crippen LogP contribution >= 0.6 is 0 Å². The van der Waals surface area contributed by atoms with Gasteiger partial charge in [-0.25, -0.2) is 14.2 Å². The van der Waals surface area contributed by atoms with Crippen molar-refractivity contribution in [2.75, 3.05) is 49.6 Å². The number of pyridine rings is 1. The number of carbonyl (C=O) groups is 1. The van der Waals surface area contributed by atoms with Crippen LogP contribution in [-0.2, 0) is 4.74 Å². The minimum Gasteiger partial charge on any atom is -0.378 e. The highest BCUT2D eigenvalue weighted by atomic mass is 19.1. The minimum atomic E-state index is -0.488. The van der Waals surface area contributed by atoms with Crippen LogP contribution in [0.4, 0.5) is 25.0 Å². The molecule has 2 saturated heterocycles. The fourth-order valence-corrected chi connectivity index (χ4v) is 5.62. The average Bonchev–Trinajstić information content (AvgIpc) is 3.27. The Morgan fingerprint density at radius 3 is 2.69 bits per heavy atom. The van der Waals surface area contributed by atoms with E-state index >= 15 is 0 Å². The van der Waals surface area contributed by atoms with E-state index in [1.807, 2.05) is 13.0 Å². The smallest absolute Gasteiger partial charge is 0.321 e. The van der Waals surface area contributed by atoms with Crippen LogP contribution in [0.25, 0.3) is 16.8 Å². The Morgan fingerprint density at radius 1 is 1.17 bits per heavy atom. The normalized spacial score (nSPS) is 21.3. The van der Waals surface area contributed by atoms with Crippen LogP contribution < -0.4 is 10.2 Å². The number of benzene rings is 1. The lowest BCUT2D eigenvalue weighted by Gasteiger charge is -2.29. The van der Waals surface area contributed by atoms with E-state index in [1.54, 1.807) is 17.2 Å². The largest absolute Gasteiger partial charge is 0.378 e. The Labute approximate surface area is 209 Å². The second-order valence-electron chi connectivity index (χ2n) is 10.7. The molecule has 1 N–H and O–H groups in total. The van der Waals surface area contributed by atoms with Crippen LogP contribution in [0.5, 0.6) is 0 Å². The van der Waals surface area contributed by atoms with Crippen molar-refractivity contribution in [1.29, 1.82) is 0 Å². The maximum atomic E-state index is 15.0. The molecule has 190 valence electrons. The number of urea groups is 1. The van der Waals surface area contributed by atoms with E-state index in [4.69, 9.17) is 4.74 Å². The van der Waals surface area contributed by atoms with E-state index in [9.17, 15) is 13.6 Å². The van der Waals surface area contributed by atoms with Gasteiger partial charge in [0.25, 0.3) is 0 Å². The number of anilines is 2. The van der Waals surface area contributed by atoms with Gasteiger partial charge < -0.3 is 19.9 Å². The Balaban J connectivity index is 1.32. The molecule has 4 heterocycles. The van der Waals surface area contributed by atoms with Gasteiger partial charge in [-0.3, -0.25) is 4.40 Å². The number of nitrogens with one attached hydrogen (secondary N) is 1. The molecule has 0 bridgehead atoms. The van der Waals surface area contributed by atoms with Crippen molar-refractivity contribution in [3.63, 3.8) is 0 Å². The first-order valence-corrected chi connectivity index (χ1v) is 12.7. The van der Waals surface area contributed by atoms with Crippen molar-refractivity contribution in [3.05, 3.63) is 47.9 Å². The molecular formula is C27H31F2N5O2. The minimum absolute atomic E-state index is 0.126. The summed E-state index contributed by atoms with van der Waals surface area (Å²) >= 11 is 0. The molecule has 2 aliphatic heterocycles. The number of ether oxygens (including phenoxy) is 1. The third kappa shape index (κ3) is 4.09. The van der Waals surface area contributed by atoms with E-state index in [-0.39, 0.29) is 11.7 Å². The van der Waals surface area contributed by atoms with Crippen molar-refractivity contribution in [2.45, 2.75) is 33.1 Å². The number of fused-ring (bicyclic) bond motifs is 1. The first kappa shape index (κ1) is 23.2. The predicted molar refractivity (Wildman–Crippen MR) is 134 cm³/mol. The van der Waals surface area contributed by atoms with Gasteiger partial charge >= 0.3 is 6.03 Å². The van der Waals surface area contributed by atoms with Crippen LogP contribution in [0.1, 0.15) is 31.7 Å². The van der Waals surface area contributed by atoms with Gasteiger partial charge in [0.1, 0.15) is 5.82 Å². The molecule has 2 amide bonds. The molecule has 1 unspecified atom stereocenters. The van der Waals surface area contributed by atoms with Crippen LogP contribution in [0.3, 0.4) is 0 Å². The zero-order valence-electron chi connectivity index (χ0n) is 20.7. The molecule has 36 heavy (non-hydrogen) atoms. The quantitative estimate of drug-likeness (QED) is 0.549. The summed E-state index contributed by atoms with van der Waals surface area (Å²) in [7, 11) is 0. The maximum absolute atomic E-state index is 15.0. The highest BCUT2D eigenvalue weighted by Gasteiger charge is 2.47. The fourth-order valence-electron chi connectivity index (χ4n) is 5.62. The number of morpholine rings is 1. The van der Waals surface area contributed by atoms with Gasteiger partial charge in [-0.2, -0.15) is 4.39 Å². The van der Waals surface area contributed by atoms with E-state index in [2.05, 4.69) is 22.1 Å². The van der Waals surface area contributed by atoms with Crippen molar-refractivity contribution in [3.8, 4) is 11.1 Å². The van der Waals surface area contributed by atoms with Crippen molar-refractivity contribution in [2.24, 2.45) is 11.3 Å². The lowest BCUT2D eigenvalue weighted by atomic mass is 9.90. The Kier molecular flexibility index (Phi) is 5.63. The third-order valence-corrected chi connectivity index (χ3v) is 8.26. The highest BCUT2D eigenvalue weighted by molar-refractivity contribution is 5.91.